The highest BCUT2D eigenvalue weighted by Gasteiger charge is 2.38. The van der Waals surface area contributed by atoms with Gasteiger partial charge in [0.1, 0.15) is 11.6 Å². The van der Waals surface area contributed by atoms with Crippen molar-refractivity contribution in [3.05, 3.63) is 58.6 Å². The highest BCUT2D eigenvalue weighted by Crippen LogP contribution is 2.37. The van der Waals surface area contributed by atoms with Crippen LogP contribution in [0.4, 0.5) is 0 Å². The summed E-state index contributed by atoms with van der Waals surface area (Å²) < 4.78 is 0. The van der Waals surface area contributed by atoms with Crippen molar-refractivity contribution in [1.82, 2.24) is 20.2 Å². The first-order valence-electron chi connectivity index (χ1n) is 10.6. The van der Waals surface area contributed by atoms with Crippen LogP contribution in [0.1, 0.15) is 70.7 Å². The lowest BCUT2D eigenvalue weighted by Crippen LogP contribution is -2.34. The maximum absolute atomic E-state index is 4.54. The first-order valence-corrected chi connectivity index (χ1v) is 10.6. The number of hydrogen-bond donors (Lipinski definition) is 1. The Balaban J connectivity index is 1.73. The van der Waals surface area contributed by atoms with Gasteiger partial charge in [-0.2, -0.15) is 0 Å². The van der Waals surface area contributed by atoms with Crippen molar-refractivity contribution in [3.63, 3.8) is 0 Å². The molecule has 0 unspecified atom stereocenters. The number of aliphatic imine (C=N–C) groups is 1. The second-order valence-electron chi connectivity index (χ2n) is 9.02. The number of nitrogens with zero attached hydrogens (tertiary/aromatic N) is 4. The number of likely N-dealkylation sites (tertiary alicyclic amines) is 1. The van der Waals surface area contributed by atoms with E-state index in [4.69, 9.17) is 0 Å². The molecule has 0 spiro atoms. The van der Waals surface area contributed by atoms with Crippen LogP contribution in [0.3, 0.4) is 0 Å². The van der Waals surface area contributed by atoms with Crippen LogP contribution in [0.2, 0.25) is 0 Å². The highest BCUT2D eigenvalue weighted by molar-refractivity contribution is 5.49. The summed E-state index contributed by atoms with van der Waals surface area (Å²) in [5, 5.41) is 3.58. The smallest absolute Gasteiger partial charge is 0.131 e. The van der Waals surface area contributed by atoms with Crippen molar-refractivity contribution >= 4 is 6.72 Å². The van der Waals surface area contributed by atoms with Gasteiger partial charge in [0.15, 0.2) is 0 Å². The number of hydrogen-bond acceptors (Lipinski definition) is 5. The van der Waals surface area contributed by atoms with E-state index in [9.17, 15) is 0 Å². The summed E-state index contributed by atoms with van der Waals surface area (Å²) in [6.07, 6.45) is 8.28. The third-order valence-electron chi connectivity index (χ3n) is 6.14. The van der Waals surface area contributed by atoms with Crippen LogP contribution in [0.25, 0.3) is 0 Å². The zero-order chi connectivity index (χ0) is 21.2. The van der Waals surface area contributed by atoms with Gasteiger partial charge in [-0.1, -0.05) is 12.2 Å². The molecule has 1 N–H and O–H groups in total. The maximum atomic E-state index is 4.54. The molecule has 2 heterocycles. The van der Waals surface area contributed by atoms with Crippen molar-refractivity contribution in [1.29, 1.82) is 0 Å². The van der Waals surface area contributed by atoms with Gasteiger partial charge in [-0.3, -0.25) is 0 Å². The van der Waals surface area contributed by atoms with Crippen molar-refractivity contribution in [2.75, 3.05) is 13.1 Å². The van der Waals surface area contributed by atoms with Gasteiger partial charge in [-0.05, 0) is 72.6 Å². The Labute approximate surface area is 175 Å². The molecule has 0 bridgehead atoms. The predicted molar refractivity (Wildman–Crippen MR) is 121 cm³/mol. The average molecular weight is 394 g/mol. The molecule has 5 nitrogen and oxygen atoms in total. The molecule has 1 aromatic rings. The van der Waals surface area contributed by atoms with Gasteiger partial charge in [0.2, 0.25) is 0 Å². The van der Waals surface area contributed by atoms with E-state index < -0.39 is 0 Å². The number of piperidine rings is 1. The van der Waals surface area contributed by atoms with Crippen LogP contribution in [0.15, 0.2) is 52.2 Å². The number of allylic oxidation sites excluding steroid dienone is 2. The van der Waals surface area contributed by atoms with Gasteiger partial charge >= 0.3 is 0 Å². The van der Waals surface area contributed by atoms with Gasteiger partial charge in [-0.25, -0.2) is 15.0 Å². The molecule has 156 valence electrons. The van der Waals surface area contributed by atoms with E-state index in [1.165, 1.54) is 24.0 Å². The van der Waals surface area contributed by atoms with Gasteiger partial charge in [0.05, 0.1) is 0 Å². The van der Waals surface area contributed by atoms with Gasteiger partial charge in [0, 0.05) is 53.8 Å². The summed E-state index contributed by atoms with van der Waals surface area (Å²) in [6, 6.07) is 0. The molecule has 0 atom stereocenters. The van der Waals surface area contributed by atoms with Crippen LogP contribution in [0, 0.1) is 6.92 Å². The number of nitrogens with one attached hydrogen (secondary N) is 1. The molecule has 1 aliphatic carbocycles. The van der Waals surface area contributed by atoms with Crippen molar-refractivity contribution in [2.45, 2.75) is 71.8 Å². The van der Waals surface area contributed by atoms with E-state index in [0.717, 1.165) is 54.4 Å². The molecule has 2 aliphatic rings. The molecular formula is C24H35N5. The SMILES string of the molecule is C=N/C(NC1(C)CC1)=C(\C)C(C(=C)N1CCC(c2ncc(C)cn2)CC1)=C(C)C. The maximum Gasteiger partial charge on any atom is 0.131 e. The molecular weight excluding hydrogens is 358 g/mol. The molecule has 1 saturated carbocycles. The fraction of sp³-hybridized carbons (Fsp3) is 0.542. The molecule has 1 aliphatic heterocycles. The molecule has 2 fully saturated rings. The first-order chi connectivity index (χ1) is 13.7. The highest BCUT2D eigenvalue weighted by atomic mass is 15.1. The monoisotopic (exact) mass is 393 g/mol. The Hall–Kier alpha value is -2.43. The lowest BCUT2D eigenvalue weighted by Gasteiger charge is -2.36. The third kappa shape index (κ3) is 4.95. The minimum absolute atomic E-state index is 0.165. The fourth-order valence-corrected chi connectivity index (χ4v) is 4.03. The molecule has 0 amide bonds. The second kappa shape index (κ2) is 8.52. The number of aryl methyl sites for hydroxylation is 1. The normalized spacial score (nSPS) is 19.3. The Bertz CT molecular complexity index is 831. The molecule has 29 heavy (non-hydrogen) atoms. The topological polar surface area (TPSA) is 53.4 Å². The summed E-state index contributed by atoms with van der Waals surface area (Å²) in [6.45, 7) is 20.9. The Morgan fingerprint density at radius 2 is 1.76 bits per heavy atom. The van der Waals surface area contributed by atoms with Gasteiger partial charge < -0.3 is 10.2 Å². The van der Waals surface area contributed by atoms with Gasteiger partial charge in [-0.15, -0.1) is 0 Å². The molecule has 0 radical (unpaired) electrons. The zero-order valence-corrected chi connectivity index (χ0v) is 18.7. The van der Waals surface area contributed by atoms with Gasteiger partial charge in [0.25, 0.3) is 0 Å². The zero-order valence-electron chi connectivity index (χ0n) is 18.7. The van der Waals surface area contributed by atoms with E-state index in [1.807, 2.05) is 19.3 Å². The predicted octanol–water partition coefficient (Wildman–Crippen LogP) is 4.89. The van der Waals surface area contributed by atoms with Crippen LogP contribution in [-0.2, 0) is 0 Å². The molecule has 3 rings (SSSR count). The summed E-state index contributed by atoms with van der Waals surface area (Å²) >= 11 is 0. The molecule has 1 saturated heterocycles. The summed E-state index contributed by atoms with van der Waals surface area (Å²) in [4.78, 5) is 15.8. The van der Waals surface area contributed by atoms with Crippen molar-refractivity contribution < 1.29 is 0 Å². The van der Waals surface area contributed by atoms with Crippen LogP contribution < -0.4 is 5.32 Å². The van der Waals surface area contributed by atoms with E-state index in [0.29, 0.717) is 5.92 Å². The Morgan fingerprint density at radius 3 is 2.24 bits per heavy atom. The van der Waals surface area contributed by atoms with E-state index >= 15 is 0 Å². The quantitative estimate of drug-likeness (QED) is 0.529. The van der Waals surface area contributed by atoms with Crippen LogP contribution in [-0.4, -0.2) is 40.2 Å². The van der Waals surface area contributed by atoms with Crippen molar-refractivity contribution in [2.24, 2.45) is 4.99 Å². The third-order valence-corrected chi connectivity index (χ3v) is 6.14. The molecule has 0 aromatic carbocycles. The molecule has 1 aromatic heterocycles. The van der Waals surface area contributed by atoms with E-state index in [2.05, 4.69) is 66.2 Å². The fourth-order valence-electron chi connectivity index (χ4n) is 4.03. The summed E-state index contributed by atoms with van der Waals surface area (Å²) in [5.41, 5.74) is 5.92. The number of rotatable bonds is 7. The number of aromatic nitrogens is 2. The molecule has 5 heteroatoms. The van der Waals surface area contributed by atoms with Crippen LogP contribution >= 0.6 is 0 Å². The lowest BCUT2D eigenvalue weighted by molar-refractivity contribution is 0.263. The first kappa shape index (κ1) is 21.3. The standard InChI is InChI=1S/C24H35N5/c1-16(2)21(18(4)22(25-7)28-24(6)10-11-24)19(5)29-12-8-20(9-13-29)23-26-14-17(3)15-27-23/h14-15,20,28H,5,7-13H2,1-4,6H3/b22-18-. The van der Waals surface area contributed by atoms with Crippen molar-refractivity contribution in [3.8, 4) is 0 Å². The lowest BCUT2D eigenvalue weighted by atomic mass is 9.93. The Kier molecular flexibility index (Phi) is 6.25. The minimum atomic E-state index is 0.165. The average Bonchev–Trinajstić information content (AvgIpc) is 3.43. The largest absolute Gasteiger partial charge is 0.371 e. The summed E-state index contributed by atoms with van der Waals surface area (Å²) in [5.74, 6) is 2.28. The van der Waals surface area contributed by atoms with E-state index in [-0.39, 0.29) is 5.54 Å². The second-order valence-corrected chi connectivity index (χ2v) is 9.02. The van der Waals surface area contributed by atoms with E-state index in [1.54, 1.807) is 0 Å². The summed E-state index contributed by atoms with van der Waals surface area (Å²) in [7, 11) is 0. The minimum Gasteiger partial charge on any atom is -0.371 e. The van der Waals surface area contributed by atoms with Crippen LogP contribution in [0.5, 0.6) is 0 Å². The Morgan fingerprint density at radius 1 is 1.17 bits per heavy atom.